The summed E-state index contributed by atoms with van der Waals surface area (Å²) in [4.78, 5) is 26.6. The molecular weight excluding hydrogens is 378 g/mol. The van der Waals surface area contributed by atoms with Gasteiger partial charge in [0.1, 0.15) is 10.3 Å². The Morgan fingerprint density at radius 1 is 1.27 bits per heavy atom. The number of methoxy groups -OCH3 is 1. The van der Waals surface area contributed by atoms with E-state index < -0.39 is 22.0 Å². The van der Waals surface area contributed by atoms with Crippen LogP contribution in [0.1, 0.15) is 12.8 Å². The van der Waals surface area contributed by atoms with Gasteiger partial charge in [0.15, 0.2) is 0 Å². The van der Waals surface area contributed by atoms with Crippen LogP contribution in [-0.4, -0.2) is 75.4 Å². The van der Waals surface area contributed by atoms with Crippen molar-refractivity contribution in [2.75, 3.05) is 39.8 Å². The molecule has 0 spiro atoms. The molecule has 0 saturated carbocycles. The van der Waals surface area contributed by atoms with Gasteiger partial charge in [-0.15, -0.1) is 11.3 Å². The lowest BCUT2D eigenvalue weighted by atomic mass is 9.96. The van der Waals surface area contributed by atoms with Crippen molar-refractivity contribution in [1.29, 1.82) is 0 Å². The molecular formula is C16H23N3O5S2. The molecule has 0 aliphatic carbocycles. The van der Waals surface area contributed by atoms with Crippen molar-refractivity contribution in [3.05, 3.63) is 17.5 Å². The summed E-state index contributed by atoms with van der Waals surface area (Å²) in [6.45, 7) is 1.98. The largest absolute Gasteiger partial charge is 0.468 e. The van der Waals surface area contributed by atoms with Crippen LogP contribution >= 0.6 is 11.3 Å². The number of sulfonamides is 1. The Kier molecular flexibility index (Phi) is 5.96. The fraction of sp³-hybridized carbons (Fsp3) is 0.625. The Bertz CT molecular complexity index is 744. The first-order valence-corrected chi connectivity index (χ1v) is 10.9. The summed E-state index contributed by atoms with van der Waals surface area (Å²) in [5, 5.41) is 4.90. The molecule has 3 rings (SSSR count). The molecule has 1 N–H and O–H groups in total. The third kappa shape index (κ3) is 3.78. The minimum Gasteiger partial charge on any atom is -0.468 e. The molecule has 8 nitrogen and oxygen atoms in total. The lowest BCUT2D eigenvalue weighted by Crippen LogP contribution is -2.60. The minimum absolute atomic E-state index is 0.00595. The Hall–Kier alpha value is -1.49. The third-order valence-corrected chi connectivity index (χ3v) is 8.14. The molecule has 1 amide bonds. The Labute approximate surface area is 157 Å². The fourth-order valence-corrected chi connectivity index (χ4v) is 6.12. The topological polar surface area (TPSA) is 96.0 Å². The van der Waals surface area contributed by atoms with E-state index in [4.69, 9.17) is 4.74 Å². The van der Waals surface area contributed by atoms with Crippen molar-refractivity contribution in [2.24, 2.45) is 5.92 Å². The molecule has 144 valence electrons. The maximum Gasteiger partial charge on any atom is 0.326 e. The number of esters is 1. The first kappa shape index (κ1) is 19.3. The quantitative estimate of drug-likeness (QED) is 0.720. The Balaban J connectivity index is 1.79. The van der Waals surface area contributed by atoms with Crippen LogP contribution in [0.2, 0.25) is 0 Å². The lowest BCUT2D eigenvalue weighted by Gasteiger charge is -2.40. The zero-order chi connectivity index (χ0) is 18.7. The highest BCUT2D eigenvalue weighted by Gasteiger charge is 2.43. The number of nitrogens with one attached hydrogen (secondary N) is 1. The van der Waals surface area contributed by atoms with Crippen molar-refractivity contribution in [3.8, 4) is 0 Å². The average Bonchev–Trinajstić information content (AvgIpc) is 3.22. The molecule has 3 heterocycles. The second kappa shape index (κ2) is 8.03. The van der Waals surface area contributed by atoms with Gasteiger partial charge in [-0.25, -0.2) is 8.42 Å². The molecule has 26 heavy (non-hydrogen) atoms. The molecule has 1 aromatic rings. The lowest BCUT2D eigenvalue weighted by molar-refractivity contribution is -0.150. The van der Waals surface area contributed by atoms with Crippen LogP contribution < -0.4 is 5.32 Å². The van der Waals surface area contributed by atoms with E-state index in [9.17, 15) is 18.0 Å². The summed E-state index contributed by atoms with van der Waals surface area (Å²) < 4.78 is 31.9. The number of ether oxygens (including phenoxy) is 1. The first-order chi connectivity index (χ1) is 12.4. The fourth-order valence-electron chi connectivity index (χ4n) is 3.44. The van der Waals surface area contributed by atoms with Gasteiger partial charge in [-0.05, 0) is 37.4 Å². The highest BCUT2D eigenvalue weighted by molar-refractivity contribution is 7.91. The predicted molar refractivity (Wildman–Crippen MR) is 96.2 cm³/mol. The number of carbonyl (C=O) groups is 2. The zero-order valence-electron chi connectivity index (χ0n) is 14.6. The maximum atomic E-state index is 12.9. The van der Waals surface area contributed by atoms with Gasteiger partial charge >= 0.3 is 5.97 Å². The van der Waals surface area contributed by atoms with Crippen LogP contribution in [-0.2, 0) is 24.3 Å². The summed E-state index contributed by atoms with van der Waals surface area (Å²) >= 11 is 1.11. The van der Waals surface area contributed by atoms with E-state index in [1.165, 1.54) is 13.2 Å². The number of piperazine rings is 1. The van der Waals surface area contributed by atoms with Gasteiger partial charge in [0, 0.05) is 25.6 Å². The van der Waals surface area contributed by atoms with Gasteiger partial charge in [0.05, 0.1) is 7.11 Å². The summed E-state index contributed by atoms with van der Waals surface area (Å²) in [6, 6.07) is 2.15. The molecule has 1 atom stereocenters. The number of hydrogen-bond acceptors (Lipinski definition) is 7. The van der Waals surface area contributed by atoms with Crippen molar-refractivity contribution in [3.63, 3.8) is 0 Å². The van der Waals surface area contributed by atoms with Crippen LogP contribution in [0.5, 0.6) is 0 Å². The number of carbonyl (C=O) groups excluding carboxylic acids is 2. The summed E-state index contributed by atoms with van der Waals surface area (Å²) in [6.07, 6.45) is 1.52. The van der Waals surface area contributed by atoms with Crippen molar-refractivity contribution in [1.82, 2.24) is 14.5 Å². The van der Waals surface area contributed by atoms with Crippen molar-refractivity contribution >= 4 is 33.2 Å². The van der Waals surface area contributed by atoms with Gasteiger partial charge in [0.2, 0.25) is 5.91 Å². The van der Waals surface area contributed by atoms with Gasteiger partial charge in [0.25, 0.3) is 10.0 Å². The SMILES string of the molecule is COC(=O)[C@@H]1CN(C(=O)C2CCNCC2)CCN1S(=O)(=O)c1cccs1. The van der Waals surface area contributed by atoms with Crippen LogP contribution in [0.4, 0.5) is 0 Å². The van der Waals surface area contributed by atoms with Gasteiger partial charge < -0.3 is 15.0 Å². The number of hydrogen-bond donors (Lipinski definition) is 1. The first-order valence-electron chi connectivity index (χ1n) is 8.58. The van der Waals surface area contributed by atoms with Gasteiger partial charge in [-0.1, -0.05) is 6.07 Å². The Morgan fingerprint density at radius 3 is 2.62 bits per heavy atom. The number of thiophene rings is 1. The van der Waals surface area contributed by atoms with Crippen molar-refractivity contribution < 1.29 is 22.7 Å². The van der Waals surface area contributed by atoms with Gasteiger partial charge in [-0.2, -0.15) is 4.31 Å². The monoisotopic (exact) mass is 401 g/mol. The highest BCUT2D eigenvalue weighted by atomic mass is 32.2. The van der Waals surface area contributed by atoms with E-state index in [-0.39, 0.29) is 35.7 Å². The van der Waals surface area contributed by atoms with E-state index in [2.05, 4.69) is 5.32 Å². The molecule has 2 aliphatic rings. The smallest absolute Gasteiger partial charge is 0.326 e. The molecule has 0 aromatic carbocycles. The van der Waals surface area contributed by atoms with Crippen LogP contribution in [0.15, 0.2) is 21.7 Å². The molecule has 1 aromatic heterocycles. The number of amides is 1. The molecule has 0 bridgehead atoms. The molecule has 2 fully saturated rings. The number of rotatable bonds is 4. The minimum atomic E-state index is -3.79. The third-order valence-electron chi connectivity index (χ3n) is 4.86. The number of nitrogens with zero attached hydrogens (tertiary/aromatic N) is 2. The van der Waals surface area contributed by atoms with Crippen LogP contribution in [0.25, 0.3) is 0 Å². The predicted octanol–water partition coefficient (Wildman–Crippen LogP) is 0.122. The molecule has 2 saturated heterocycles. The Morgan fingerprint density at radius 2 is 2.00 bits per heavy atom. The molecule has 0 unspecified atom stereocenters. The molecule has 0 radical (unpaired) electrons. The molecule has 2 aliphatic heterocycles. The summed E-state index contributed by atoms with van der Waals surface area (Å²) in [7, 11) is -2.57. The number of piperidine rings is 1. The normalized spacial score (nSPS) is 23.0. The summed E-state index contributed by atoms with van der Waals surface area (Å²) in [5.74, 6) is -0.725. The second-order valence-corrected chi connectivity index (χ2v) is 9.46. The zero-order valence-corrected chi connectivity index (χ0v) is 16.2. The maximum absolute atomic E-state index is 12.9. The average molecular weight is 402 g/mol. The van der Waals surface area contributed by atoms with Crippen molar-refractivity contribution in [2.45, 2.75) is 23.1 Å². The second-order valence-electron chi connectivity index (χ2n) is 6.40. The van der Waals surface area contributed by atoms with E-state index in [0.717, 1.165) is 41.6 Å². The van der Waals surface area contributed by atoms with Gasteiger partial charge in [-0.3, -0.25) is 9.59 Å². The van der Waals surface area contributed by atoms with E-state index in [1.54, 1.807) is 16.3 Å². The van der Waals surface area contributed by atoms with Crippen LogP contribution in [0, 0.1) is 5.92 Å². The standard InChI is InChI=1S/C16H23N3O5S2/c1-24-16(21)13-11-18(15(20)12-4-6-17-7-5-12)8-9-19(13)26(22,23)14-3-2-10-25-14/h2-3,10,12-13,17H,4-9,11H2,1H3/t13-/m0/s1. The van der Waals surface area contributed by atoms with E-state index in [0.29, 0.717) is 0 Å². The van der Waals surface area contributed by atoms with E-state index in [1.807, 2.05) is 0 Å². The van der Waals surface area contributed by atoms with E-state index >= 15 is 0 Å². The summed E-state index contributed by atoms with van der Waals surface area (Å²) in [5.41, 5.74) is 0. The van der Waals surface area contributed by atoms with Crippen LogP contribution in [0.3, 0.4) is 0 Å². The highest BCUT2D eigenvalue weighted by Crippen LogP contribution is 2.26. The molecule has 10 heteroatoms.